The van der Waals surface area contributed by atoms with E-state index in [1.165, 1.54) is 11.2 Å². The molecule has 0 spiro atoms. The van der Waals surface area contributed by atoms with Crippen molar-refractivity contribution >= 4 is 27.5 Å². The quantitative estimate of drug-likeness (QED) is 0.686. The molecule has 172 valence electrons. The highest BCUT2D eigenvalue weighted by molar-refractivity contribution is 7.89. The lowest BCUT2D eigenvalue weighted by molar-refractivity contribution is -0.129. The first-order valence-corrected chi connectivity index (χ1v) is 11.6. The zero-order valence-corrected chi connectivity index (χ0v) is 18.6. The van der Waals surface area contributed by atoms with Crippen LogP contribution in [0.15, 0.2) is 47.4 Å². The summed E-state index contributed by atoms with van der Waals surface area (Å²) in [6.07, 6.45) is 0.635. The van der Waals surface area contributed by atoms with E-state index in [0.717, 1.165) is 17.7 Å². The first-order valence-electron chi connectivity index (χ1n) is 10.2. The predicted octanol–water partition coefficient (Wildman–Crippen LogP) is 2.82. The Morgan fingerprint density at radius 2 is 1.69 bits per heavy atom. The van der Waals surface area contributed by atoms with Gasteiger partial charge >= 0.3 is 0 Å². The third kappa shape index (κ3) is 5.49. The van der Waals surface area contributed by atoms with Crippen LogP contribution in [-0.4, -0.2) is 43.7 Å². The van der Waals surface area contributed by atoms with Gasteiger partial charge < -0.3 is 10.6 Å². The van der Waals surface area contributed by atoms with Crippen molar-refractivity contribution in [2.24, 2.45) is 5.92 Å². The number of rotatable bonds is 6. The molecule has 1 atom stereocenters. The first kappa shape index (κ1) is 23.8. The van der Waals surface area contributed by atoms with E-state index in [1.54, 1.807) is 24.3 Å². The number of benzene rings is 2. The van der Waals surface area contributed by atoms with Crippen LogP contribution in [0.3, 0.4) is 0 Å². The second-order valence-corrected chi connectivity index (χ2v) is 9.77. The molecule has 7 nitrogen and oxygen atoms in total. The molecule has 2 amide bonds. The lowest BCUT2D eigenvalue weighted by Gasteiger charge is -2.31. The van der Waals surface area contributed by atoms with E-state index < -0.39 is 39.5 Å². The van der Waals surface area contributed by atoms with E-state index in [9.17, 15) is 26.8 Å². The van der Waals surface area contributed by atoms with Crippen molar-refractivity contribution < 1.29 is 26.8 Å². The third-order valence-electron chi connectivity index (χ3n) is 5.42. The Morgan fingerprint density at radius 1 is 1.06 bits per heavy atom. The van der Waals surface area contributed by atoms with E-state index in [4.69, 9.17) is 0 Å². The average molecular weight is 466 g/mol. The molecule has 3 rings (SSSR count). The average Bonchev–Trinajstić information content (AvgIpc) is 2.76. The molecule has 1 aliphatic rings. The van der Waals surface area contributed by atoms with Gasteiger partial charge in [-0.05, 0) is 51.0 Å². The zero-order chi connectivity index (χ0) is 23.5. The van der Waals surface area contributed by atoms with Crippen molar-refractivity contribution in [2.75, 3.05) is 18.4 Å². The molecular weight excluding hydrogens is 440 g/mol. The highest BCUT2D eigenvalue weighted by Crippen LogP contribution is 2.24. The molecular formula is C22H25F2N3O4S. The van der Waals surface area contributed by atoms with Crippen LogP contribution in [0.25, 0.3) is 0 Å². The molecule has 1 aliphatic heterocycles. The van der Waals surface area contributed by atoms with Crippen LogP contribution in [0.5, 0.6) is 0 Å². The Hall–Kier alpha value is -2.85. The normalized spacial score (nSPS) is 16.4. The van der Waals surface area contributed by atoms with Crippen LogP contribution in [0.1, 0.15) is 25.3 Å². The molecule has 32 heavy (non-hydrogen) atoms. The number of sulfonamides is 1. The predicted molar refractivity (Wildman–Crippen MR) is 115 cm³/mol. The molecule has 0 saturated carbocycles. The summed E-state index contributed by atoms with van der Waals surface area (Å²) in [5.41, 5.74) is 0.770. The minimum absolute atomic E-state index is 0.188. The number of piperidine rings is 1. The molecule has 0 radical (unpaired) electrons. The third-order valence-corrected chi connectivity index (χ3v) is 7.34. The number of hydrogen-bond donors (Lipinski definition) is 2. The van der Waals surface area contributed by atoms with Gasteiger partial charge in [-0.3, -0.25) is 9.59 Å². The van der Waals surface area contributed by atoms with Crippen molar-refractivity contribution in [3.63, 3.8) is 0 Å². The highest BCUT2D eigenvalue weighted by Gasteiger charge is 2.33. The minimum atomic E-state index is -3.63. The largest absolute Gasteiger partial charge is 0.344 e. The Labute approximate surface area is 185 Å². The molecule has 1 fully saturated rings. The van der Waals surface area contributed by atoms with Crippen molar-refractivity contribution in [1.82, 2.24) is 9.62 Å². The Kier molecular flexibility index (Phi) is 7.25. The SMILES string of the molecule is Cc1ccc(S(=O)(=O)N2CCC(C(=O)NC(C)C(=O)Nc3ccc(F)cc3F)CC2)cc1. The summed E-state index contributed by atoms with van der Waals surface area (Å²) >= 11 is 0. The second kappa shape index (κ2) is 9.74. The summed E-state index contributed by atoms with van der Waals surface area (Å²) in [4.78, 5) is 25.0. The zero-order valence-electron chi connectivity index (χ0n) is 17.8. The summed E-state index contributed by atoms with van der Waals surface area (Å²) in [6.45, 7) is 3.70. The molecule has 0 aromatic heterocycles. The van der Waals surface area contributed by atoms with Gasteiger partial charge in [-0.15, -0.1) is 0 Å². The van der Waals surface area contributed by atoms with E-state index in [1.807, 2.05) is 6.92 Å². The van der Waals surface area contributed by atoms with Gasteiger partial charge in [0, 0.05) is 25.1 Å². The van der Waals surface area contributed by atoms with Crippen LogP contribution in [0, 0.1) is 24.5 Å². The van der Waals surface area contributed by atoms with Crippen molar-refractivity contribution in [3.8, 4) is 0 Å². The van der Waals surface area contributed by atoms with Gasteiger partial charge in [-0.2, -0.15) is 4.31 Å². The number of nitrogens with zero attached hydrogens (tertiary/aromatic N) is 1. The number of amides is 2. The second-order valence-electron chi connectivity index (χ2n) is 7.84. The van der Waals surface area contributed by atoms with Crippen molar-refractivity contribution in [3.05, 3.63) is 59.7 Å². The van der Waals surface area contributed by atoms with Gasteiger partial charge in [0.2, 0.25) is 21.8 Å². The van der Waals surface area contributed by atoms with Crippen LogP contribution < -0.4 is 10.6 Å². The van der Waals surface area contributed by atoms with Crippen LogP contribution in [0.4, 0.5) is 14.5 Å². The maximum absolute atomic E-state index is 13.7. The summed E-state index contributed by atoms with van der Waals surface area (Å²) in [6, 6.07) is 8.40. The van der Waals surface area contributed by atoms with Crippen LogP contribution >= 0.6 is 0 Å². The molecule has 1 saturated heterocycles. The van der Waals surface area contributed by atoms with Gasteiger partial charge in [0.05, 0.1) is 10.6 Å². The minimum Gasteiger partial charge on any atom is -0.344 e. The van der Waals surface area contributed by atoms with Gasteiger partial charge in [-0.1, -0.05) is 17.7 Å². The fraction of sp³-hybridized carbons (Fsp3) is 0.364. The molecule has 0 bridgehead atoms. The van der Waals surface area contributed by atoms with Crippen molar-refractivity contribution in [2.45, 2.75) is 37.6 Å². The standard InChI is InChI=1S/C22H25F2N3O4S/c1-14-3-6-18(7-4-14)32(30,31)27-11-9-16(10-12-27)22(29)25-15(2)21(28)26-20-8-5-17(23)13-19(20)24/h3-8,13,15-16H,9-12H2,1-2H3,(H,25,29)(H,26,28). The van der Waals surface area contributed by atoms with Gasteiger partial charge in [-0.25, -0.2) is 17.2 Å². The molecule has 1 unspecified atom stereocenters. The first-order chi connectivity index (χ1) is 15.1. The molecule has 2 aromatic rings. The molecule has 1 heterocycles. The Morgan fingerprint density at radius 3 is 2.28 bits per heavy atom. The topological polar surface area (TPSA) is 95.6 Å². The molecule has 0 aliphatic carbocycles. The Balaban J connectivity index is 1.53. The van der Waals surface area contributed by atoms with Gasteiger partial charge in [0.1, 0.15) is 17.7 Å². The fourth-order valence-corrected chi connectivity index (χ4v) is 4.92. The lowest BCUT2D eigenvalue weighted by atomic mass is 9.97. The van der Waals surface area contributed by atoms with Gasteiger partial charge in [0.15, 0.2) is 0 Å². The maximum atomic E-state index is 13.7. The number of anilines is 1. The smallest absolute Gasteiger partial charge is 0.246 e. The van der Waals surface area contributed by atoms with Gasteiger partial charge in [0.25, 0.3) is 0 Å². The summed E-state index contributed by atoms with van der Waals surface area (Å²) < 4.78 is 53.6. The van der Waals surface area contributed by atoms with E-state index in [2.05, 4.69) is 10.6 Å². The Bertz CT molecular complexity index is 1100. The molecule has 2 N–H and O–H groups in total. The molecule has 10 heteroatoms. The number of hydrogen-bond acceptors (Lipinski definition) is 4. The maximum Gasteiger partial charge on any atom is 0.246 e. The number of carbonyl (C=O) groups excluding carboxylic acids is 2. The summed E-state index contributed by atoms with van der Waals surface area (Å²) in [5, 5.41) is 4.89. The number of aryl methyl sites for hydroxylation is 1. The molecule has 2 aromatic carbocycles. The summed E-state index contributed by atoms with van der Waals surface area (Å²) in [5.74, 6) is -3.16. The lowest BCUT2D eigenvalue weighted by Crippen LogP contribution is -2.47. The summed E-state index contributed by atoms with van der Waals surface area (Å²) in [7, 11) is -3.63. The number of halogens is 2. The van der Waals surface area contributed by atoms with E-state index in [0.29, 0.717) is 18.9 Å². The van der Waals surface area contributed by atoms with Crippen molar-refractivity contribution in [1.29, 1.82) is 0 Å². The monoisotopic (exact) mass is 465 g/mol. The van der Waals surface area contributed by atoms with E-state index in [-0.39, 0.29) is 29.6 Å². The number of nitrogens with one attached hydrogen (secondary N) is 2. The number of carbonyl (C=O) groups is 2. The fourth-order valence-electron chi connectivity index (χ4n) is 3.45. The highest BCUT2D eigenvalue weighted by atomic mass is 32.2. The van der Waals surface area contributed by atoms with Crippen LogP contribution in [0.2, 0.25) is 0 Å². The van der Waals surface area contributed by atoms with E-state index >= 15 is 0 Å². The van der Waals surface area contributed by atoms with Crippen LogP contribution in [-0.2, 0) is 19.6 Å².